The second kappa shape index (κ2) is 8.81. The summed E-state index contributed by atoms with van der Waals surface area (Å²) in [7, 11) is 2.99. The zero-order chi connectivity index (χ0) is 21.0. The summed E-state index contributed by atoms with van der Waals surface area (Å²) < 4.78 is 8.05. The van der Waals surface area contributed by atoms with Crippen molar-refractivity contribution in [3.8, 4) is 5.75 Å². The minimum Gasteiger partial charge on any atom is -0.492 e. The summed E-state index contributed by atoms with van der Waals surface area (Å²) in [4.78, 5) is 40.4. The number of hydrogen-bond acceptors (Lipinski definition) is 5. The van der Waals surface area contributed by atoms with Gasteiger partial charge in [0.05, 0.1) is 17.9 Å². The van der Waals surface area contributed by atoms with E-state index in [1.165, 1.54) is 30.0 Å². The fourth-order valence-corrected chi connectivity index (χ4v) is 3.38. The van der Waals surface area contributed by atoms with Crippen LogP contribution in [0.15, 0.2) is 46.1 Å². The second-order valence-corrected chi connectivity index (χ2v) is 6.89. The van der Waals surface area contributed by atoms with Crippen LogP contribution in [0.4, 0.5) is 5.69 Å². The Labute approximate surface area is 169 Å². The van der Waals surface area contributed by atoms with Crippen LogP contribution in [0.3, 0.4) is 0 Å². The van der Waals surface area contributed by atoms with Crippen LogP contribution in [-0.4, -0.2) is 52.7 Å². The largest absolute Gasteiger partial charge is 0.492 e. The molecule has 0 unspecified atom stereocenters. The quantitative estimate of drug-likeness (QED) is 0.698. The lowest BCUT2D eigenvalue weighted by Gasteiger charge is -2.36. The molecule has 0 N–H and O–H groups in total. The van der Waals surface area contributed by atoms with Crippen LogP contribution >= 0.6 is 0 Å². The second-order valence-electron chi connectivity index (χ2n) is 6.89. The van der Waals surface area contributed by atoms with E-state index < -0.39 is 11.2 Å². The van der Waals surface area contributed by atoms with E-state index in [2.05, 4.69) is 4.90 Å². The Kier molecular flexibility index (Phi) is 6.21. The van der Waals surface area contributed by atoms with E-state index in [1.54, 1.807) is 11.9 Å². The molecule has 0 radical (unpaired) electrons. The van der Waals surface area contributed by atoms with Gasteiger partial charge in [0.1, 0.15) is 5.75 Å². The lowest BCUT2D eigenvalue weighted by molar-refractivity contribution is -0.126. The smallest absolute Gasteiger partial charge is 0.330 e. The Morgan fingerprint density at radius 1 is 1.10 bits per heavy atom. The van der Waals surface area contributed by atoms with Gasteiger partial charge in [-0.05, 0) is 25.1 Å². The van der Waals surface area contributed by atoms with E-state index in [9.17, 15) is 14.4 Å². The van der Waals surface area contributed by atoms with Crippen LogP contribution in [0, 0.1) is 0 Å². The number of aryl methyl sites for hydroxylation is 1. The average molecular weight is 398 g/mol. The van der Waals surface area contributed by atoms with Gasteiger partial charge in [-0.1, -0.05) is 12.1 Å². The highest BCUT2D eigenvalue weighted by molar-refractivity contribution is 5.91. The van der Waals surface area contributed by atoms with Gasteiger partial charge in [-0.15, -0.1) is 0 Å². The van der Waals surface area contributed by atoms with Gasteiger partial charge in [0.25, 0.3) is 5.56 Å². The molecular weight excluding hydrogens is 372 g/mol. The van der Waals surface area contributed by atoms with Gasteiger partial charge in [0, 0.05) is 52.5 Å². The SMILES string of the molecule is CCOc1ccccc1N1CCN(C(=O)/C=C/c2cn(C)c(=O)n(C)c2=O)CC1. The summed E-state index contributed by atoms with van der Waals surface area (Å²) in [5.74, 6) is 0.693. The van der Waals surface area contributed by atoms with Gasteiger partial charge < -0.3 is 19.1 Å². The number of para-hydroxylation sites is 2. The number of hydrogen-bond donors (Lipinski definition) is 0. The molecule has 1 aromatic carbocycles. The number of piperazine rings is 1. The average Bonchev–Trinajstić information content (AvgIpc) is 2.74. The van der Waals surface area contributed by atoms with Gasteiger partial charge >= 0.3 is 5.69 Å². The number of anilines is 1. The predicted molar refractivity (Wildman–Crippen MR) is 112 cm³/mol. The van der Waals surface area contributed by atoms with Crippen LogP contribution in [0.25, 0.3) is 6.08 Å². The van der Waals surface area contributed by atoms with Crippen molar-refractivity contribution in [1.29, 1.82) is 0 Å². The standard InChI is InChI=1S/C21H26N4O4/c1-4-29-18-8-6-5-7-17(18)24-11-13-25(14-12-24)19(26)10-9-16-15-22(2)21(28)23(3)20(16)27/h5-10,15H,4,11-14H2,1-3H3/b10-9+. The molecule has 154 valence electrons. The Balaban J connectivity index is 1.66. The molecule has 8 nitrogen and oxygen atoms in total. The summed E-state index contributed by atoms with van der Waals surface area (Å²) in [5.41, 5.74) is 0.509. The minimum atomic E-state index is -0.422. The molecule has 1 aliphatic rings. The zero-order valence-corrected chi connectivity index (χ0v) is 17.0. The van der Waals surface area contributed by atoms with E-state index >= 15 is 0 Å². The Bertz CT molecular complexity index is 1030. The Morgan fingerprint density at radius 2 is 1.79 bits per heavy atom. The van der Waals surface area contributed by atoms with Gasteiger partial charge in [-0.25, -0.2) is 4.79 Å². The number of benzene rings is 1. The summed E-state index contributed by atoms with van der Waals surface area (Å²) in [6.45, 7) is 5.11. The van der Waals surface area contributed by atoms with Crippen molar-refractivity contribution < 1.29 is 9.53 Å². The van der Waals surface area contributed by atoms with Crippen molar-refractivity contribution in [2.24, 2.45) is 14.1 Å². The Hall–Kier alpha value is -3.29. The number of aromatic nitrogens is 2. The third-order valence-electron chi connectivity index (χ3n) is 4.98. The molecule has 3 rings (SSSR count). The normalized spacial score (nSPS) is 14.4. The van der Waals surface area contributed by atoms with Crippen LogP contribution in [0.1, 0.15) is 12.5 Å². The molecule has 1 fully saturated rings. The maximum atomic E-state index is 12.6. The first-order valence-electron chi connectivity index (χ1n) is 9.62. The third kappa shape index (κ3) is 4.42. The molecule has 0 saturated carbocycles. The number of carbonyl (C=O) groups excluding carboxylic acids is 1. The van der Waals surface area contributed by atoms with Crippen molar-refractivity contribution in [1.82, 2.24) is 14.0 Å². The summed E-state index contributed by atoms with van der Waals surface area (Å²) in [5, 5.41) is 0. The molecular formula is C21H26N4O4. The van der Waals surface area contributed by atoms with E-state index in [0.717, 1.165) is 16.0 Å². The van der Waals surface area contributed by atoms with E-state index in [0.29, 0.717) is 38.3 Å². The van der Waals surface area contributed by atoms with Crippen molar-refractivity contribution in [3.05, 3.63) is 62.9 Å². The number of carbonyl (C=O) groups is 1. The molecule has 1 aliphatic heterocycles. The molecule has 1 aromatic heterocycles. The minimum absolute atomic E-state index is 0.154. The number of amides is 1. The molecule has 1 saturated heterocycles. The molecule has 2 heterocycles. The molecule has 0 atom stereocenters. The highest BCUT2D eigenvalue weighted by atomic mass is 16.5. The maximum absolute atomic E-state index is 12.6. The molecule has 29 heavy (non-hydrogen) atoms. The molecule has 1 amide bonds. The van der Waals surface area contributed by atoms with Crippen LogP contribution in [0.5, 0.6) is 5.75 Å². The van der Waals surface area contributed by atoms with Crippen molar-refractivity contribution in [2.75, 3.05) is 37.7 Å². The first kappa shape index (κ1) is 20.4. The first-order valence-corrected chi connectivity index (χ1v) is 9.62. The molecule has 2 aromatic rings. The lowest BCUT2D eigenvalue weighted by Crippen LogP contribution is -2.48. The summed E-state index contributed by atoms with van der Waals surface area (Å²) >= 11 is 0. The lowest BCUT2D eigenvalue weighted by atomic mass is 10.2. The fraction of sp³-hybridized carbons (Fsp3) is 0.381. The topological polar surface area (TPSA) is 76.8 Å². The molecule has 0 aliphatic carbocycles. The third-order valence-corrected chi connectivity index (χ3v) is 4.98. The van der Waals surface area contributed by atoms with Crippen molar-refractivity contribution in [3.63, 3.8) is 0 Å². The van der Waals surface area contributed by atoms with Crippen LogP contribution in [-0.2, 0) is 18.9 Å². The van der Waals surface area contributed by atoms with Crippen LogP contribution in [0.2, 0.25) is 0 Å². The number of nitrogens with zero attached hydrogens (tertiary/aromatic N) is 4. The zero-order valence-electron chi connectivity index (χ0n) is 17.0. The van der Waals surface area contributed by atoms with E-state index in [4.69, 9.17) is 4.74 Å². The molecule has 0 bridgehead atoms. The number of rotatable bonds is 5. The summed E-state index contributed by atoms with van der Waals surface area (Å²) in [6, 6.07) is 7.90. The highest BCUT2D eigenvalue weighted by Gasteiger charge is 2.21. The fourth-order valence-electron chi connectivity index (χ4n) is 3.38. The monoisotopic (exact) mass is 398 g/mol. The molecule has 8 heteroatoms. The highest BCUT2D eigenvalue weighted by Crippen LogP contribution is 2.28. The van der Waals surface area contributed by atoms with E-state index in [1.807, 2.05) is 31.2 Å². The maximum Gasteiger partial charge on any atom is 0.330 e. The van der Waals surface area contributed by atoms with Crippen LogP contribution < -0.4 is 20.9 Å². The van der Waals surface area contributed by atoms with Crippen molar-refractivity contribution in [2.45, 2.75) is 6.92 Å². The van der Waals surface area contributed by atoms with Gasteiger partial charge in [-0.3, -0.25) is 14.2 Å². The van der Waals surface area contributed by atoms with Crippen molar-refractivity contribution >= 4 is 17.7 Å². The van der Waals surface area contributed by atoms with E-state index in [-0.39, 0.29) is 5.91 Å². The predicted octanol–water partition coefficient (Wildman–Crippen LogP) is 0.845. The molecule has 0 spiro atoms. The Morgan fingerprint density at radius 3 is 2.48 bits per heavy atom. The van der Waals surface area contributed by atoms with Gasteiger partial charge in [0.15, 0.2) is 0 Å². The first-order chi connectivity index (χ1) is 13.9. The number of ether oxygens (including phenoxy) is 1. The summed E-state index contributed by atoms with van der Waals surface area (Å²) in [6.07, 6.45) is 4.31. The van der Waals surface area contributed by atoms with Gasteiger partial charge in [-0.2, -0.15) is 0 Å². The van der Waals surface area contributed by atoms with Gasteiger partial charge in [0.2, 0.25) is 5.91 Å².